The van der Waals surface area contributed by atoms with E-state index in [1.807, 2.05) is 0 Å². The fourth-order valence-corrected chi connectivity index (χ4v) is 12.6. The van der Waals surface area contributed by atoms with Crippen molar-refractivity contribution >= 4 is 16.1 Å². The molecular formula is C40H78O6Si2. The van der Waals surface area contributed by atoms with Gasteiger partial charge in [-0.05, 0) is 104 Å². The highest BCUT2D eigenvalue weighted by Crippen LogP contribution is 2.70. The fourth-order valence-electron chi connectivity index (χ4n) is 11.1. The molecule has 48 heavy (non-hydrogen) atoms. The molecule has 4 fully saturated rings. The van der Waals surface area contributed by atoms with Crippen LogP contribution in [0.2, 0.25) is 51.4 Å². The van der Waals surface area contributed by atoms with Crippen molar-refractivity contribution in [2.24, 2.45) is 52.3 Å². The largest absolute Gasteiger partial charge is 0.390 e. The Bertz CT molecular complexity index is 997. The van der Waals surface area contributed by atoms with Gasteiger partial charge in [0.05, 0.1) is 24.4 Å². The SMILES string of the molecule is CC(C)CCC[C@@H](C)[C@H]1CC[C@H]2[C@@H]3C[C@@H](O)[C@@]4(O)C[C@@H](COCOCC[Si](C)(C)C)C[C@@H](OCOCC[Si](C)(C)C)[C@]4(C)[C@H]3CC[C@]12C. The second kappa shape index (κ2) is 16.5. The monoisotopic (exact) mass is 711 g/mol. The summed E-state index contributed by atoms with van der Waals surface area (Å²) in [6, 6.07) is 2.23. The summed E-state index contributed by atoms with van der Waals surface area (Å²) < 4.78 is 24.8. The zero-order chi connectivity index (χ0) is 35.5. The molecule has 4 aliphatic rings. The third kappa shape index (κ3) is 9.40. The van der Waals surface area contributed by atoms with Crippen molar-refractivity contribution in [2.75, 3.05) is 33.4 Å². The zero-order valence-electron chi connectivity index (χ0n) is 33.2. The van der Waals surface area contributed by atoms with Crippen LogP contribution in [0, 0.1) is 52.3 Å². The maximum Gasteiger partial charge on any atom is 0.147 e. The highest BCUT2D eigenvalue weighted by molar-refractivity contribution is 6.76. The van der Waals surface area contributed by atoms with E-state index in [4.69, 9.17) is 18.9 Å². The first-order valence-electron chi connectivity index (χ1n) is 20.1. The van der Waals surface area contributed by atoms with E-state index in [0.717, 1.165) is 55.9 Å². The highest BCUT2D eigenvalue weighted by Gasteiger charge is 2.70. The third-order valence-corrected chi connectivity index (χ3v) is 17.5. The van der Waals surface area contributed by atoms with Gasteiger partial charge in [-0.15, -0.1) is 0 Å². The van der Waals surface area contributed by atoms with Gasteiger partial charge in [0, 0.05) is 34.8 Å². The van der Waals surface area contributed by atoms with E-state index in [1.165, 1.54) is 38.5 Å². The summed E-state index contributed by atoms with van der Waals surface area (Å²) in [6.07, 6.45) is 10.0. The Morgan fingerprint density at radius 3 is 2.06 bits per heavy atom. The zero-order valence-corrected chi connectivity index (χ0v) is 35.2. The van der Waals surface area contributed by atoms with Crippen LogP contribution in [0.1, 0.15) is 98.8 Å². The van der Waals surface area contributed by atoms with E-state index in [2.05, 4.69) is 73.9 Å². The van der Waals surface area contributed by atoms with Gasteiger partial charge in [0.1, 0.15) is 13.6 Å². The van der Waals surface area contributed by atoms with Crippen LogP contribution in [0.5, 0.6) is 0 Å². The summed E-state index contributed by atoms with van der Waals surface area (Å²) in [5.41, 5.74) is -1.43. The minimum absolute atomic E-state index is 0.0956. The van der Waals surface area contributed by atoms with Crippen LogP contribution in [-0.4, -0.2) is 77.6 Å². The molecule has 282 valence electrons. The molecule has 0 aliphatic heterocycles. The van der Waals surface area contributed by atoms with E-state index < -0.39 is 33.3 Å². The molecule has 0 aromatic heterocycles. The van der Waals surface area contributed by atoms with Crippen molar-refractivity contribution in [1.82, 2.24) is 0 Å². The predicted octanol–water partition coefficient (Wildman–Crippen LogP) is 9.45. The summed E-state index contributed by atoms with van der Waals surface area (Å²) in [5.74, 6) is 3.73. The van der Waals surface area contributed by atoms with Crippen LogP contribution >= 0.6 is 0 Å². The van der Waals surface area contributed by atoms with E-state index >= 15 is 0 Å². The summed E-state index contributed by atoms with van der Waals surface area (Å²) in [7, 11) is -2.35. The van der Waals surface area contributed by atoms with Gasteiger partial charge >= 0.3 is 0 Å². The minimum atomic E-state index is -1.21. The second-order valence-electron chi connectivity index (χ2n) is 20.4. The topological polar surface area (TPSA) is 77.4 Å². The molecule has 0 saturated heterocycles. The summed E-state index contributed by atoms with van der Waals surface area (Å²) in [6.45, 7) is 28.8. The molecular weight excluding hydrogens is 633 g/mol. The van der Waals surface area contributed by atoms with Gasteiger partial charge in [0.2, 0.25) is 0 Å². The average molecular weight is 711 g/mol. The van der Waals surface area contributed by atoms with Crippen LogP contribution in [0.25, 0.3) is 0 Å². The molecule has 0 aromatic carbocycles. The van der Waals surface area contributed by atoms with Crippen LogP contribution in [0.15, 0.2) is 0 Å². The lowest BCUT2D eigenvalue weighted by Crippen LogP contribution is -2.72. The number of ether oxygens (including phenoxy) is 4. The predicted molar refractivity (Wildman–Crippen MR) is 204 cm³/mol. The molecule has 8 heteroatoms. The molecule has 0 spiro atoms. The molecule has 11 atom stereocenters. The van der Waals surface area contributed by atoms with E-state index in [-0.39, 0.29) is 25.6 Å². The Morgan fingerprint density at radius 1 is 0.792 bits per heavy atom. The van der Waals surface area contributed by atoms with Crippen molar-refractivity contribution in [1.29, 1.82) is 0 Å². The molecule has 4 aliphatic carbocycles. The van der Waals surface area contributed by atoms with Gasteiger partial charge in [-0.1, -0.05) is 93.2 Å². The van der Waals surface area contributed by atoms with Crippen molar-refractivity contribution in [3.8, 4) is 0 Å². The van der Waals surface area contributed by atoms with Gasteiger partial charge in [0.15, 0.2) is 0 Å². The molecule has 4 rings (SSSR count). The van der Waals surface area contributed by atoms with Crippen LogP contribution in [0.3, 0.4) is 0 Å². The summed E-state index contributed by atoms with van der Waals surface area (Å²) in [4.78, 5) is 0. The first kappa shape index (κ1) is 41.0. The van der Waals surface area contributed by atoms with Gasteiger partial charge < -0.3 is 29.2 Å². The Balaban J connectivity index is 1.49. The quantitative estimate of drug-likeness (QED) is 0.0839. The van der Waals surface area contributed by atoms with Crippen molar-refractivity contribution in [3.63, 3.8) is 0 Å². The average Bonchev–Trinajstić information content (AvgIpc) is 3.32. The van der Waals surface area contributed by atoms with E-state index in [1.54, 1.807) is 0 Å². The molecule has 0 unspecified atom stereocenters. The highest BCUT2D eigenvalue weighted by atomic mass is 28.3. The first-order valence-corrected chi connectivity index (χ1v) is 27.5. The summed E-state index contributed by atoms with van der Waals surface area (Å²) >= 11 is 0. The summed E-state index contributed by atoms with van der Waals surface area (Å²) in [5, 5.41) is 24.9. The van der Waals surface area contributed by atoms with Gasteiger partial charge in [-0.2, -0.15) is 0 Å². The molecule has 4 saturated carbocycles. The molecule has 0 heterocycles. The number of hydrogen-bond acceptors (Lipinski definition) is 6. The normalized spacial score (nSPS) is 39.2. The molecule has 0 aromatic rings. The number of aliphatic hydroxyl groups excluding tert-OH is 1. The lowest BCUT2D eigenvalue weighted by Gasteiger charge is -2.67. The molecule has 6 nitrogen and oxygen atoms in total. The number of aliphatic hydroxyl groups is 2. The smallest absolute Gasteiger partial charge is 0.147 e. The van der Waals surface area contributed by atoms with Crippen LogP contribution < -0.4 is 0 Å². The van der Waals surface area contributed by atoms with Gasteiger partial charge in [0.25, 0.3) is 0 Å². The standard InChI is InChI=1S/C40H78O6Si2/c1-29(2)13-12-14-30(3)33-15-16-34-32-24-36(41)40(42)25-31(26-45-27-43-19-21-47(6,7)8)23-37(46-28-44-20-22-48(9,10)11)39(40,5)35(32)17-18-38(33,34)4/h29-37,41-42H,12-28H2,1-11H3/t30-,31+,32+,33-,34+,35+,36-,37-,38-,39+,40+/m1/s1. The van der Waals surface area contributed by atoms with E-state index in [0.29, 0.717) is 42.6 Å². The van der Waals surface area contributed by atoms with Crippen LogP contribution in [0.4, 0.5) is 0 Å². The molecule has 2 N–H and O–H groups in total. The Kier molecular flexibility index (Phi) is 14.1. The Morgan fingerprint density at radius 2 is 1.44 bits per heavy atom. The maximum atomic E-state index is 12.8. The molecule has 0 radical (unpaired) electrons. The first-order chi connectivity index (χ1) is 22.3. The number of rotatable bonds is 18. The van der Waals surface area contributed by atoms with Crippen molar-refractivity contribution < 1.29 is 29.2 Å². The second-order valence-corrected chi connectivity index (χ2v) is 31.6. The van der Waals surface area contributed by atoms with Crippen LogP contribution in [-0.2, 0) is 18.9 Å². The Hall–Kier alpha value is 0.194. The number of hydrogen-bond donors (Lipinski definition) is 2. The van der Waals surface area contributed by atoms with Crippen molar-refractivity contribution in [3.05, 3.63) is 0 Å². The lowest BCUT2D eigenvalue weighted by molar-refractivity contribution is -0.307. The minimum Gasteiger partial charge on any atom is -0.390 e. The Labute approximate surface area is 298 Å². The van der Waals surface area contributed by atoms with Crippen molar-refractivity contribution in [2.45, 2.75) is 168 Å². The lowest BCUT2D eigenvalue weighted by atomic mass is 9.41. The molecule has 0 amide bonds. The van der Waals surface area contributed by atoms with Gasteiger partial charge in [-0.25, -0.2) is 0 Å². The fraction of sp³-hybridized carbons (Fsp3) is 1.00. The molecule has 0 bridgehead atoms. The van der Waals surface area contributed by atoms with E-state index in [9.17, 15) is 10.2 Å². The number of fused-ring (bicyclic) bond motifs is 5. The van der Waals surface area contributed by atoms with Gasteiger partial charge in [-0.3, -0.25) is 0 Å². The maximum absolute atomic E-state index is 12.8. The third-order valence-electron chi connectivity index (χ3n) is 14.1.